The molecule has 0 radical (unpaired) electrons. The predicted octanol–water partition coefficient (Wildman–Crippen LogP) is 3.85. The molecule has 8 nitrogen and oxygen atoms in total. The van der Waals surface area contributed by atoms with Crippen molar-refractivity contribution in [3.63, 3.8) is 0 Å². The van der Waals surface area contributed by atoms with Gasteiger partial charge in [-0.3, -0.25) is 14.9 Å². The second-order valence-electron chi connectivity index (χ2n) is 6.95. The van der Waals surface area contributed by atoms with Crippen LogP contribution < -0.4 is 15.4 Å². The molecule has 0 aliphatic carbocycles. The molecule has 0 bridgehead atoms. The van der Waals surface area contributed by atoms with E-state index in [-0.39, 0.29) is 13.0 Å². The Hall–Kier alpha value is -3.72. The highest BCUT2D eigenvalue weighted by molar-refractivity contribution is 7.09. The fourth-order valence-electron chi connectivity index (χ4n) is 2.61. The topological polar surface area (TPSA) is 107 Å². The van der Waals surface area contributed by atoms with E-state index >= 15 is 0 Å². The number of benzene rings is 2. The SMILES string of the molecule is Cc1ccc(OCc2nc(CC(=O)OC(C)C(=O)NC(=O)Nc3ccccc3)cs2)cc1. The zero-order valence-electron chi connectivity index (χ0n) is 17.7. The third-order valence-corrected chi connectivity index (χ3v) is 5.13. The lowest BCUT2D eigenvalue weighted by molar-refractivity contribution is -0.153. The maximum Gasteiger partial charge on any atom is 0.325 e. The van der Waals surface area contributed by atoms with E-state index in [1.807, 2.05) is 31.2 Å². The van der Waals surface area contributed by atoms with Crippen LogP contribution in [0.15, 0.2) is 60.0 Å². The molecule has 1 aromatic heterocycles. The number of imide groups is 1. The number of hydrogen-bond donors (Lipinski definition) is 2. The first kappa shape index (κ1) is 23.0. The highest BCUT2D eigenvalue weighted by Crippen LogP contribution is 2.16. The molecular formula is C23H23N3O5S. The van der Waals surface area contributed by atoms with Gasteiger partial charge < -0.3 is 14.8 Å². The molecule has 1 atom stereocenters. The van der Waals surface area contributed by atoms with Gasteiger partial charge in [0, 0.05) is 11.1 Å². The summed E-state index contributed by atoms with van der Waals surface area (Å²) in [5.41, 5.74) is 2.21. The average Bonchev–Trinajstić information content (AvgIpc) is 3.21. The van der Waals surface area contributed by atoms with Crippen LogP contribution in [0.2, 0.25) is 0 Å². The normalized spacial score (nSPS) is 11.3. The maximum absolute atomic E-state index is 12.2. The number of carbonyl (C=O) groups is 3. The van der Waals surface area contributed by atoms with E-state index in [9.17, 15) is 14.4 Å². The first-order valence-corrected chi connectivity index (χ1v) is 10.8. The summed E-state index contributed by atoms with van der Waals surface area (Å²) in [4.78, 5) is 40.5. The largest absolute Gasteiger partial charge is 0.486 e. The molecule has 1 heterocycles. The van der Waals surface area contributed by atoms with Crippen molar-refractivity contribution >= 4 is 34.9 Å². The average molecular weight is 454 g/mol. The highest BCUT2D eigenvalue weighted by atomic mass is 32.1. The van der Waals surface area contributed by atoms with Crippen molar-refractivity contribution in [2.75, 3.05) is 5.32 Å². The predicted molar refractivity (Wildman–Crippen MR) is 120 cm³/mol. The van der Waals surface area contributed by atoms with E-state index in [0.29, 0.717) is 11.4 Å². The lowest BCUT2D eigenvalue weighted by Gasteiger charge is -2.13. The molecule has 0 saturated heterocycles. The fraction of sp³-hybridized carbons (Fsp3) is 0.217. The quantitative estimate of drug-likeness (QED) is 0.502. The van der Waals surface area contributed by atoms with E-state index in [0.717, 1.165) is 16.3 Å². The van der Waals surface area contributed by atoms with Gasteiger partial charge in [0.05, 0.1) is 12.1 Å². The summed E-state index contributed by atoms with van der Waals surface area (Å²) >= 11 is 1.37. The van der Waals surface area contributed by atoms with Crippen LogP contribution in [0.25, 0.3) is 0 Å². The van der Waals surface area contributed by atoms with E-state index in [4.69, 9.17) is 9.47 Å². The number of para-hydroxylation sites is 1. The van der Waals surface area contributed by atoms with Gasteiger partial charge in [-0.1, -0.05) is 35.9 Å². The van der Waals surface area contributed by atoms with Crippen molar-refractivity contribution < 1.29 is 23.9 Å². The van der Waals surface area contributed by atoms with Crippen LogP contribution in [0.3, 0.4) is 0 Å². The molecule has 3 amide bonds. The molecule has 9 heteroatoms. The number of nitrogens with zero attached hydrogens (tertiary/aromatic N) is 1. The number of amides is 3. The molecule has 32 heavy (non-hydrogen) atoms. The van der Waals surface area contributed by atoms with Crippen LogP contribution in [-0.2, 0) is 27.4 Å². The Labute approximate surface area is 189 Å². The van der Waals surface area contributed by atoms with Gasteiger partial charge in [0.25, 0.3) is 5.91 Å². The molecule has 0 aliphatic rings. The van der Waals surface area contributed by atoms with Crippen molar-refractivity contribution in [3.8, 4) is 5.75 Å². The summed E-state index contributed by atoms with van der Waals surface area (Å²) < 4.78 is 10.8. The van der Waals surface area contributed by atoms with Crippen LogP contribution in [0, 0.1) is 6.92 Å². The van der Waals surface area contributed by atoms with E-state index in [2.05, 4.69) is 15.6 Å². The summed E-state index contributed by atoms with van der Waals surface area (Å²) in [7, 11) is 0. The Kier molecular flexibility index (Phi) is 7.93. The number of thiazole rings is 1. The number of hydrogen-bond acceptors (Lipinski definition) is 7. The van der Waals surface area contributed by atoms with Crippen LogP contribution >= 0.6 is 11.3 Å². The Balaban J connectivity index is 1.42. The van der Waals surface area contributed by atoms with E-state index in [1.165, 1.54) is 18.3 Å². The van der Waals surface area contributed by atoms with Gasteiger partial charge >= 0.3 is 12.0 Å². The van der Waals surface area contributed by atoms with Crippen molar-refractivity contribution in [1.29, 1.82) is 0 Å². The second kappa shape index (κ2) is 11.1. The number of esters is 1. The van der Waals surface area contributed by atoms with Crippen molar-refractivity contribution in [1.82, 2.24) is 10.3 Å². The van der Waals surface area contributed by atoms with Crippen LogP contribution in [0.4, 0.5) is 10.5 Å². The number of aryl methyl sites for hydroxylation is 1. The summed E-state index contributed by atoms with van der Waals surface area (Å²) in [5, 5.41) is 7.12. The number of urea groups is 1. The van der Waals surface area contributed by atoms with Crippen molar-refractivity contribution in [3.05, 3.63) is 76.2 Å². The summed E-state index contributed by atoms with van der Waals surface area (Å²) in [6.07, 6.45) is -1.22. The first-order valence-electron chi connectivity index (χ1n) is 9.88. The maximum atomic E-state index is 12.2. The molecule has 3 aromatic rings. The minimum atomic E-state index is -1.13. The number of carbonyl (C=O) groups excluding carboxylic acids is 3. The molecule has 0 aliphatic heterocycles. The Morgan fingerprint density at radius 1 is 1.06 bits per heavy atom. The fourth-order valence-corrected chi connectivity index (χ4v) is 3.32. The van der Waals surface area contributed by atoms with E-state index in [1.54, 1.807) is 35.7 Å². The van der Waals surface area contributed by atoms with Gasteiger partial charge in [0.1, 0.15) is 17.4 Å². The molecule has 166 valence electrons. The number of aromatic nitrogens is 1. The minimum Gasteiger partial charge on any atom is -0.486 e. The standard InChI is InChI=1S/C23H23N3O5S/c1-15-8-10-19(11-9-15)30-13-20-24-18(14-32-20)12-21(27)31-16(2)22(28)26-23(29)25-17-6-4-3-5-7-17/h3-11,14,16H,12-13H2,1-2H3,(H2,25,26,28,29). The van der Waals surface area contributed by atoms with Gasteiger partial charge in [-0.25, -0.2) is 9.78 Å². The lowest BCUT2D eigenvalue weighted by Crippen LogP contribution is -2.41. The van der Waals surface area contributed by atoms with Gasteiger partial charge in [-0.05, 0) is 38.1 Å². The van der Waals surface area contributed by atoms with Crippen LogP contribution in [0.5, 0.6) is 5.75 Å². The van der Waals surface area contributed by atoms with Crippen molar-refractivity contribution in [2.24, 2.45) is 0 Å². The molecule has 0 spiro atoms. The Morgan fingerprint density at radius 3 is 2.50 bits per heavy atom. The summed E-state index contributed by atoms with van der Waals surface area (Å²) in [6, 6.07) is 15.6. The first-order chi connectivity index (χ1) is 15.4. The zero-order chi connectivity index (χ0) is 22.9. The third kappa shape index (κ3) is 7.21. The second-order valence-corrected chi connectivity index (χ2v) is 7.90. The molecule has 2 aromatic carbocycles. The van der Waals surface area contributed by atoms with Crippen LogP contribution in [-0.4, -0.2) is 29.0 Å². The molecule has 2 N–H and O–H groups in total. The number of nitrogens with one attached hydrogen (secondary N) is 2. The van der Waals surface area contributed by atoms with Gasteiger partial charge in [0.15, 0.2) is 6.10 Å². The number of ether oxygens (including phenoxy) is 2. The van der Waals surface area contributed by atoms with Crippen LogP contribution in [0.1, 0.15) is 23.2 Å². The Morgan fingerprint density at radius 2 is 1.78 bits per heavy atom. The molecule has 3 rings (SSSR count). The molecule has 0 saturated carbocycles. The highest BCUT2D eigenvalue weighted by Gasteiger charge is 2.21. The monoisotopic (exact) mass is 453 g/mol. The third-order valence-electron chi connectivity index (χ3n) is 4.25. The minimum absolute atomic E-state index is 0.0884. The van der Waals surface area contributed by atoms with E-state index < -0.39 is 24.0 Å². The lowest BCUT2D eigenvalue weighted by atomic mass is 10.2. The molecule has 0 fully saturated rings. The number of anilines is 1. The Bertz CT molecular complexity index is 1070. The van der Waals surface area contributed by atoms with Gasteiger partial charge in [-0.15, -0.1) is 11.3 Å². The summed E-state index contributed by atoms with van der Waals surface area (Å²) in [6.45, 7) is 3.68. The summed E-state index contributed by atoms with van der Waals surface area (Å²) in [5.74, 6) is -0.604. The number of rotatable bonds is 8. The smallest absolute Gasteiger partial charge is 0.325 e. The zero-order valence-corrected chi connectivity index (χ0v) is 18.5. The van der Waals surface area contributed by atoms with Crippen molar-refractivity contribution in [2.45, 2.75) is 33.0 Å². The van der Waals surface area contributed by atoms with Gasteiger partial charge in [-0.2, -0.15) is 0 Å². The molecular weight excluding hydrogens is 430 g/mol. The molecule has 1 unspecified atom stereocenters. The van der Waals surface area contributed by atoms with Gasteiger partial charge in [0.2, 0.25) is 0 Å².